The first-order valence-corrected chi connectivity index (χ1v) is 10.4. The topological polar surface area (TPSA) is 85.0 Å². The minimum Gasteiger partial charge on any atom is -0.345 e. The Hall–Kier alpha value is -2.61. The summed E-state index contributed by atoms with van der Waals surface area (Å²) >= 11 is 0. The highest BCUT2D eigenvalue weighted by molar-refractivity contribution is 5.99. The van der Waals surface area contributed by atoms with E-state index in [0.29, 0.717) is 24.2 Å². The molecule has 156 valence electrons. The molecule has 2 atom stereocenters. The minimum absolute atomic E-state index is 0.000207. The van der Waals surface area contributed by atoms with Gasteiger partial charge in [0.1, 0.15) is 0 Å². The molecule has 0 saturated carbocycles. The Morgan fingerprint density at radius 1 is 1.10 bits per heavy atom. The molecule has 3 aliphatic rings. The number of benzene rings is 1. The predicted octanol–water partition coefficient (Wildman–Crippen LogP) is 0.749. The molecule has 1 aromatic carbocycles. The van der Waals surface area contributed by atoms with Crippen LogP contribution in [0.2, 0.25) is 0 Å². The fraction of sp³-hybridized carbons (Fsp3) is 0.571. The minimum atomic E-state index is -0.126. The molecule has 2 N–H and O–H groups in total. The van der Waals surface area contributed by atoms with Gasteiger partial charge in [-0.25, -0.2) is 4.79 Å². The molecule has 8 nitrogen and oxygen atoms in total. The molecule has 3 saturated heterocycles. The van der Waals surface area contributed by atoms with E-state index in [2.05, 4.69) is 10.6 Å². The average Bonchev–Trinajstić information content (AvgIpc) is 3.08. The maximum atomic E-state index is 13.1. The van der Waals surface area contributed by atoms with Crippen LogP contribution in [-0.2, 0) is 0 Å². The number of urea groups is 1. The predicted molar refractivity (Wildman–Crippen MR) is 109 cm³/mol. The van der Waals surface area contributed by atoms with Crippen LogP contribution in [0.1, 0.15) is 40.0 Å². The molecule has 0 radical (unpaired) electrons. The van der Waals surface area contributed by atoms with Crippen molar-refractivity contribution < 1.29 is 14.4 Å². The normalized spacial score (nSPS) is 24.8. The number of hydrogen-bond donors (Lipinski definition) is 2. The highest BCUT2D eigenvalue weighted by Crippen LogP contribution is 2.28. The lowest BCUT2D eigenvalue weighted by atomic mass is 9.95. The van der Waals surface area contributed by atoms with Crippen LogP contribution >= 0.6 is 0 Å². The van der Waals surface area contributed by atoms with Crippen LogP contribution in [0.25, 0.3) is 0 Å². The van der Waals surface area contributed by atoms with E-state index in [1.54, 1.807) is 43.3 Å². The van der Waals surface area contributed by atoms with Crippen LogP contribution in [-0.4, -0.2) is 90.9 Å². The summed E-state index contributed by atoms with van der Waals surface area (Å²) in [6.45, 7) is 3.00. The summed E-state index contributed by atoms with van der Waals surface area (Å²) in [5, 5.41) is 6.44. The van der Waals surface area contributed by atoms with Crippen LogP contribution in [0.5, 0.6) is 0 Å². The zero-order chi connectivity index (χ0) is 20.5. The van der Waals surface area contributed by atoms with E-state index < -0.39 is 0 Å². The quantitative estimate of drug-likeness (QED) is 0.786. The molecular formula is C21H29N5O3. The van der Waals surface area contributed by atoms with Crippen molar-refractivity contribution in [2.45, 2.75) is 37.4 Å². The van der Waals surface area contributed by atoms with Crippen molar-refractivity contribution in [2.24, 2.45) is 0 Å². The van der Waals surface area contributed by atoms with E-state index in [9.17, 15) is 14.4 Å². The standard InChI is InChI=1S/C21H29N5O3/c1-24(2)19(27)14-4-3-5-15(12-14)20(28)25-11-8-18-17(13-25)23-21(29)26(18)16-6-9-22-10-7-16/h3-5,12,16-18,22H,6-11,13H2,1-2H3,(H,23,29). The molecular weight excluding hydrogens is 370 g/mol. The van der Waals surface area contributed by atoms with Gasteiger partial charge in [-0.05, 0) is 50.6 Å². The summed E-state index contributed by atoms with van der Waals surface area (Å²) in [5.41, 5.74) is 1.01. The summed E-state index contributed by atoms with van der Waals surface area (Å²) in [6, 6.07) is 7.26. The Balaban J connectivity index is 1.45. The van der Waals surface area contributed by atoms with E-state index >= 15 is 0 Å². The van der Waals surface area contributed by atoms with Gasteiger partial charge in [0, 0.05) is 44.4 Å². The van der Waals surface area contributed by atoms with E-state index in [4.69, 9.17) is 0 Å². The second-order valence-corrected chi connectivity index (χ2v) is 8.33. The molecule has 3 fully saturated rings. The molecule has 4 amide bonds. The summed E-state index contributed by atoms with van der Waals surface area (Å²) in [7, 11) is 3.39. The maximum absolute atomic E-state index is 13.1. The van der Waals surface area contributed by atoms with Crippen molar-refractivity contribution in [3.05, 3.63) is 35.4 Å². The third kappa shape index (κ3) is 3.81. The van der Waals surface area contributed by atoms with Crippen molar-refractivity contribution in [1.29, 1.82) is 0 Å². The monoisotopic (exact) mass is 399 g/mol. The fourth-order valence-electron chi connectivity index (χ4n) is 4.73. The van der Waals surface area contributed by atoms with Crippen LogP contribution in [0.4, 0.5) is 4.79 Å². The second kappa shape index (κ2) is 8.02. The molecule has 2 unspecified atom stereocenters. The first-order chi connectivity index (χ1) is 14.0. The lowest BCUT2D eigenvalue weighted by Crippen LogP contribution is -2.55. The summed E-state index contributed by atoms with van der Waals surface area (Å²) in [6.07, 6.45) is 2.73. The van der Waals surface area contributed by atoms with Gasteiger partial charge in [-0.15, -0.1) is 0 Å². The molecule has 0 aliphatic carbocycles. The van der Waals surface area contributed by atoms with E-state index in [1.807, 2.05) is 4.90 Å². The highest BCUT2D eigenvalue weighted by atomic mass is 16.2. The zero-order valence-corrected chi connectivity index (χ0v) is 17.1. The maximum Gasteiger partial charge on any atom is 0.318 e. The van der Waals surface area contributed by atoms with Crippen molar-refractivity contribution in [1.82, 2.24) is 25.3 Å². The number of piperidine rings is 2. The average molecular weight is 399 g/mol. The second-order valence-electron chi connectivity index (χ2n) is 8.33. The van der Waals surface area contributed by atoms with Crippen LogP contribution in [0.15, 0.2) is 24.3 Å². The fourth-order valence-corrected chi connectivity index (χ4v) is 4.73. The third-order valence-electron chi connectivity index (χ3n) is 6.23. The van der Waals surface area contributed by atoms with E-state index in [1.165, 1.54) is 4.90 Å². The van der Waals surface area contributed by atoms with E-state index in [-0.39, 0.29) is 36.0 Å². The Labute approximate surface area is 171 Å². The number of carbonyl (C=O) groups excluding carboxylic acids is 3. The number of nitrogens with zero attached hydrogens (tertiary/aromatic N) is 3. The van der Waals surface area contributed by atoms with Crippen LogP contribution in [0.3, 0.4) is 0 Å². The zero-order valence-electron chi connectivity index (χ0n) is 17.1. The largest absolute Gasteiger partial charge is 0.345 e. The molecule has 0 bridgehead atoms. The Morgan fingerprint density at radius 3 is 2.55 bits per heavy atom. The first-order valence-electron chi connectivity index (χ1n) is 10.4. The molecule has 4 rings (SSSR count). The number of likely N-dealkylation sites (tertiary alicyclic amines) is 1. The molecule has 3 heterocycles. The Morgan fingerprint density at radius 2 is 1.83 bits per heavy atom. The first kappa shape index (κ1) is 19.7. The molecule has 3 aliphatic heterocycles. The number of carbonyl (C=O) groups is 3. The lowest BCUT2D eigenvalue weighted by molar-refractivity contribution is 0.0623. The van der Waals surface area contributed by atoms with Gasteiger partial charge < -0.3 is 25.3 Å². The van der Waals surface area contributed by atoms with Crippen LogP contribution < -0.4 is 10.6 Å². The van der Waals surface area contributed by atoms with Gasteiger partial charge in [-0.1, -0.05) is 6.07 Å². The number of fused-ring (bicyclic) bond motifs is 1. The van der Waals surface area contributed by atoms with Gasteiger partial charge in [0.25, 0.3) is 11.8 Å². The molecule has 0 spiro atoms. The molecule has 29 heavy (non-hydrogen) atoms. The third-order valence-corrected chi connectivity index (χ3v) is 6.23. The van der Waals surface area contributed by atoms with E-state index in [0.717, 1.165) is 32.4 Å². The van der Waals surface area contributed by atoms with Crippen molar-refractivity contribution in [3.8, 4) is 0 Å². The van der Waals surface area contributed by atoms with Gasteiger partial charge in [0.05, 0.1) is 12.1 Å². The SMILES string of the molecule is CN(C)C(=O)c1cccc(C(=O)N2CCC3C(C2)NC(=O)N3C2CCNCC2)c1. The summed E-state index contributed by atoms with van der Waals surface area (Å²) < 4.78 is 0. The molecule has 1 aromatic rings. The van der Waals surface area contributed by atoms with Crippen molar-refractivity contribution >= 4 is 17.8 Å². The van der Waals surface area contributed by atoms with Crippen molar-refractivity contribution in [3.63, 3.8) is 0 Å². The Kier molecular flexibility index (Phi) is 5.45. The number of amides is 4. The van der Waals surface area contributed by atoms with Gasteiger partial charge in [-0.3, -0.25) is 9.59 Å². The molecule has 8 heteroatoms. The number of rotatable bonds is 3. The lowest BCUT2D eigenvalue weighted by Gasteiger charge is -2.40. The van der Waals surface area contributed by atoms with Gasteiger partial charge >= 0.3 is 6.03 Å². The number of nitrogens with one attached hydrogen (secondary N) is 2. The molecule has 0 aromatic heterocycles. The highest BCUT2D eigenvalue weighted by Gasteiger charge is 2.46. The van der Waals surface area contributed by atoms with Crippen LogP contribution in [0, 0.1) is 0 Å². The number of hydrogen-bond acceptors (Lipinski definition) is 4. The van der Waals surface area contributed by atoms with Gasteiger partial charge in [0.2, 0.25) is 0 Å². The summed E-state index contributed by atoms with van der Waals surface area (Å²) in [4.78, 5) is 43.2. The Bertz CT molecular complexity index is 805. The summed E-state index contributed by atoms with van der Waals surface area (Å²) in [5.74, 6) is -0.217. The smallest absolute Gasteiger partial charge is 0.318 e. The van der Waals surface area contributed by atoms with Gasteiger partial charge in [-0.2, -0.15) is 0 Å². The van der Waals surface area contributed by atoms with Crippen molar-refractivity contribution in [2.75, 3.05) is 40.3 Å². The van der Waals surface area contributed by atoms with Gasteiger partial charge in [0.15, 0.2) is 0 Å².